The number of hydrogen-bond donors (Lipinski definition) is 1. The summed E-state index contributed by atoms with van der Waals surface area (Å²) in [7, 11) is 1.99. The van der Waals surface area contributed by atoms with Crippen LogP contribution in [-0.4, -0.2) is 24.6 Å². The molecule has 0 radical (unpaired) electrons. The van der Waals surface area contributed by atoms with Crippen LogP contribution in [-0.2, 0) is 6.54 Å². The smallest absolute Gasteiger partial charge is 0.129 e. The van der Waals surface area contributed by atoms with Gasteiger partial charge in [0.15, 0.2) is 0 Å². The molecule has 0 bridgehead atoms. The number of nitrogens with one attached hydrogen (secondary N) is 1. The maximum atomic E-state index is 4.75. The molecule has 1 aromatic rings. The highest BCUT2D eigenvalue weighted by Gasteiger charge is 2.30. The highest BCUT2D eigenvalue weighted by molar-refractivity contribution is 5.45. The molecule has 0 aliphatic heterocycles. The average Bonchev–Trinajstić information content (AvgIpc) is 3.13. The third kappa shape index (κ3) is 4.20. The first kappa shape index (κ1) is 14.3. The van der Waals surface area contributed by atoms with E-state index in [1.165, 1.54) is 30.6 Å². The third-order valence-electron chi connectivity index (χ3n) is 3.61. The van der Waals surface area contributed by atoms with Gasteiger partial charge >= 0.3 is 0 Å². The van der Waals surface area contributed by atoms with Crippen LogP contribution >= 0.6 is 0 Å². The molecule has 0 atom stereocenters. The standard InChI is InChI=1S/C16H27N3/c1-12(2)7-8-19(15-5-6-15)16-10-14(11-17-4)9-13(3)18-16/h9-10,12,15,17H,5-8,11H2,1-4H3. The van der Waals surface area contributed by atoms with Gasteiger partial charge in [-0.05, 0) is 56.8 Å². The van der Waals surface area contributed by atoms with Crippen LogP contribution in [0.3, 0.4) is 0 Å². The lowest BCUT2D eigenvalue weighted by atomic mass is 10.1. The van der Waals surface area contributed by atoms with E-state index in [0.717, 1.165) is 30.7 Å². The molecule has 0 spiro atoms. The molecule has 106 valence electrons. The average molecular weight is 261 g/mol. The van der Waals surface area contributed by atoms with E-state index in [-0.39, 0.29) is 0 Å². The highest BCUT2D eigenvalue weighted by Crippen LogP contribution is 2.31. The normalized spacial score (nSPS) is 15.0. The summed E-state index contributed by atoms with van der Waals surface area (Å²) in [6.45, 7) is 8.73. The number of nitrogens with zero attached hydrogens (tertiary/aromatic N) is 2. The first-order chi connectivity index (χ1) is 9.10. The zero-order valence-corrected chi connectivity index (χ0v) is 12.7. The number of rotatable bonds is 7. The number of aromatic nitrogens is 1. The van der Waals surface area contributed by atoms with E-state index < -0.39 is 0 Å². The van der Waals surface area contributed by atoms with Crippen molar-refractivity contribution < 1.29 is 0 Å². The van der Waals surface area contributed by atoms with Crippen molar-refractivity contribution >= 4 is 5.82 Å². The Labute approximate surface area is 117 Å². The molecule has 0 saturated heterocycles. The van der Waals surface area contributed by atoms with E-state index in [9.17, 15) is 0 Å². The van der Waals surface area contributed by atoms with E-state index in [0.29, 0.717) is 0 Å². The molecule has 3 nitrogen and oxygen atoms in total. The van der Waals surface area contributed by atoms with Gasteiger partial charge in [-0.3, -0.25) is 0 Å². The second-order valence-corrected chi connectivity index (χ2v) is 6.11. The van der Waals surface area contributed by atoms with Crippen LogP contribution in [0, 0.1) is 12.8 Å². The Morgan fingerprint density at radius 3 is 2.68 bits per heavy atom. The van der Waals surface area contributed by atoms with E-state index in [4.69, 9.17) is 4.98 Å². The van der Waals surface area contributed by atoms with E-state index in [1.807, 2.05) is 7.05 Å². The third-order valence-corrected chi connectivity index (χ3v) is 3.61. The molecule has 1 aliphatic rings. The minimum Gasteiger partial charge on any atom is -0.354 e. The van der Waals surface area contributed by atoms with Crippen LogP contribution in [0.25, 0.3) is 0 Å². The van der Waals surface area contributed by atoms with Crippen LogP contribution in [0.2, 0.25) is 0 Å². The fourth-order valence-corrected chi connectivity index (χ4v) is 2.44. The fraction of sp³-hybridized carbons (Fsp3) is 0.688. The van der Waals surface area contributed by atoms with Crippen molar-refractivity contribution in [3.63, 3.8) is 0 Å². The lowest BCUT2D eigenvalue weighted by molar-refractivity contribution is 0.568. The summed E-state index contributed by atoms with van der Waals surface area (Å²) in [6, 6.07) is 5.16. The van der Waals surface area contributed by atoms with Crippen molar-refractivity contribution in [2.75, 3.05) is 18.5 Å². The fourth-order valence-electron chi connectivity index (χ4n) is 2.44. The van der Waals surface area contributed by atoms with E-state index in [1.54, 1.807) is 0 Å². The summed E-state index contributed by atoms with van der Waals surface area (Å²) in [5.41, 5.74) is 2.46. The first-order valence-electron chi connectivity index (χ1n) is 7.49. The molecule has 1 saturated carbocycles. The highest BCUT2D eigenvalue weighted by atomic mass is 15.2. The Bertz CT molecular complexity index is 410. The molecule has 1 aliphatic carbocycles. The lowest BCUT2D eigenvalue weighted by Gasteiger charge is -2.25. The SMILES string of the molecule is CNCc1cc(C)nc(N(CCC(C)C)C2CC2)c1. The molecule has 2 rings (SSSR count). The maximum absolute atomic E-state index is 4.75. The van der Waals surface area contributed by atoms with E-state index >= 15 is 0 Å². The van der Waals surface area contributed by atoms with Gasteiger partial charge < -0.3 is 10.2 Å². The van der Waals surface area contributed by atoms with Gasteiger partial charge in [0.25, 0.3) is 0 Å². The van der Waals surface area contributed by atoms with Gasteiger partial charge in [-0.25, -0.2) is 4.98 Å². The Morgan fingerprint density at radius 2 is 2.11 bits per heavy atom. The summed E-state index contributed by atoms with van der Waals surface area (Å²) in [6.07, 6.45) is 3.90. The maximum Gasteiger partial charge on any atom is 0.129 e. The van der Waals surface area contributed by atoms with Gasteiger partial charge in [-0.2, -0.15) is 0 Å². The number of aryl methyl sites for hydroxylation is 1. The predicted molar refractivity (Wildman–Crippen MR) is 81.6 cm³/mol. The van der Waals surface area contributed by atoms with Crippen LogP contribution in [0.5, 0.6) is 0 Å². The second-order valence-electron chi connectivity index (χ2n) is 6.11. The van der Waals surface area contributed by atoms with Gasteiger partial charge in [0, 0.05) is 24.8 Å². The number of anilines is 1. The quantitative estimate of drug-likeness (QED) is 0.817. The Morgan fingerprint density at radius 1 is 1.37 bits per heavy atom. The number of pyridine rings is 1. The van der Waals surface area contributed by atoms with E-state index in [2.05, 4.69) is 43.1 Å². The summed E-state index contributed by atoms with van der Waals surface area (Å²) in [5, 5.41) is 3.23. The van der Waals surface area contributed by atoms with Gasteiger partial charge in [-0.15, -0.1) is 0 Å². The first-order valence-corrected chi connectivity index (χ1v) is 7.49. The van der Waals surface area contributed by atoms with Crippen LogP contribution < -0.4 is 10.2 Å². The zero-order chi connectivity index (χ0) is 13.8. The minimum absolute atomic E-state index is 0.732. The Hall–Kier alpha value is -1.09. The van der Waals surface area contributed by atoms with Crippen molar-refractivity contribution in [2.45, 2.75) is 52.6 Å². The summed E-state index contributed by atoms with van der Waals surface area (Å²) in [4.78, 5) is 7.27. The molecule has 3 heteroatoms. The van der Waals surface area contributed by atoms with Crippen molar-refractivity contribution in [3.8, 4) is 0 Å². The van der Waals surface area contributed by atoms with Crippen LogP contribution in [0.4, 0.5) is 5.82 Å². The molecular weight excluding hydrogens is 234 g/mol. The molecule has 19 heavy (non-hydrogen) atoms. The van der Waals surface area contributed by atoms with Gasteiger partial charge in [0.1, 0.15) is 5.82 Å². The minimum atomic E-state index is 0.732. The Kier molecular flexibility index (Phi) is 4.81. The van der Waals surface area contributed by atoms with Gasteiger partial charge in [0.2, 0.25) is 0 Å². The van der Waals surface area contributed by atoms with Gasteiger partial charge in [0.05, 0.1) is 0 Å². The topological polar surface area (TPSA) is 28.2 Å². The van der Waals surface area contributed by atoms with Crippen LogP contribution in [0.1, 0.15) is 44.4 Å². The molecule has 1 N–H and O–H groups in total. The van der Waals surface area contributed by atoms with Gasteiger partial charge in [-0.1, -0.05) is 13.8 Å². The monoisotopic (exact) mass is 261 g/mol. The second kappa shape index (κ2) is 6.38. The van der Waals surface area contributed by atoms with Crippen LogP contribution in [0.15, 0.2) is 12.1 Å². The summed E-state index contributed by atoms with van der Waals surface area (Å²) >= 11 is 0. The number of hydrogen-bond acceptors (Lipinski definition) is 3. The van der Waals surface area contributed by atoms with Crippen molar-refractivity contribution in [3.05, 3.63) is 23.4 Å². The molecule has 0 amide bonds. The molecule has 1 heterocycles. The predicted octanol–water partition coefficient (Wildman–Crippen LogP) is 3.12. The van der Waals surface area contributed by atoms with Crippen molar-refractivity contribution in [2.24, 2.45) is 5.92 Å². The molecule has 1 aromatic heterocycles. The molecule has 0 aromatic carbocycles. The van der Waals surface area contributed by atoms with Crippen molar-refractivity contribution in [1.29, 1.82) is 0 Å². The Balaban J connectivity index is 2.15. The zero-order valence-electron chi connectivity index (χ0n) is 12.7. The molecule has 1 fully saturated rings. The summed E-state index contributed by atoms with van der Waals surface area (Å²) in [5.74, 6) is 1.93. The molecular formula is C16H27N3. The molecule has 0 unspecified atom stereocenters. The largest absolute Gasteiger partial charge is 0.354 e. The lowest BCUT2D eigenvalue weighted by Crippen LogP contribution is -2.29. The van der Waals surface area contributed by atoms with Crippen molar-refractivity contribution in [1.82, 2.24) is 10.3 Å². The summed E-state index contributed by atoms with van der Waals surface area (Å²) < 4.78 is 0.